The number of anilines is 1. The van der Waals surface area contributed by atoms with Crippen LogP contribution in [0.15, 0.2) is 29.0 Å². The standard InChI is InChI=1S/C15H15F3N2OS/c1-9(20(2)7-10-5-6-22-8-10)15(21)19-12-4-3-11(16)13(17)14(12)18/h3-6,8-9H,7H2,1-2H3,(H,19,21)/p+1/t9-/m0/s1. The largest absolute Gasteiger partial charge is 0.324 e. The molecule has 22 heavy (non-hydrogen) atoms. The smallest absolute Gasteiger partial charge is 0.282 e. The van der Waals surface area contributed by atoms with E-state index in [0.29, 0.717) is 6.54 Å². The highest BCUT2D eigenvalue weighted by molar-refractivity contribution is 7.07. The van der Waals surface area contributed by atoms with Crippen LogP contribution in [0.2, 0.25) is 0 Å². The Morgan fingerprint density at radius 3 is 2.64 bits per heavy atom. The fraction of sp³-hybridized carbons (Fsp3) is 0.267. The third-order valence-electron chi connectivity index (χ3n) is 3.49. The minimum absolute atomic E-state index is 0.362. The fourth-order valence-corrected chi connectivity index (χ4v) is 2.62. The fourth-order valence-electron chi connectivity index (χ4n) is 1.96. The molecule has 0 spiro atoms. The number of carbonyl (C=O) groups is 1. The second-order valence-corrected chi connectivity index (χ2v) is 5.87. The number of nitrogens with one attached hydrogen (secondary N) is 2. The molecule has 2 atom stereocenters. The van der Waals surface area contributed by atoms with Crippen molar-refractivity contribution >= 4 is 22.9 Å². The van der Waals surface area contributed by atoms with Gasteiger partial charge in [0.15, 0.2) is 23.5 Å². The predicted molar refractivity (Wildman–Crippen MR) is 79.3 cm³/mol. The lowest BCUT2D eigenvalue weighted by Gasteiger charge is -2.20. The first-order chi connectivity index (χ1) is 10.4. The van der Waals surface area contributed by atoms with Crippen molar-refractivity contribution in [2.24, 2.45) is 0 Å². The van der Waals surface area contributed by atoms with E-state index < -0.39 is 29.4 Å². The van der Waals surface area contributed by atoms with Crippen LogP contribution in [-0.4, -0.2) is 19.0 Å². The van der Waals surface area contributed by atoms with Gasteiger partial charge >= 0.3 is 0 Å². The zero-order valence-electron chi connectivity index (χ0n) is 12.1. The van der Waals surface area contributed by atoms with Crippen LogP contribution in [0.25, 0.3) is 0 Å². The molecule has 1 aromatic carbocycles. The van der Waals surface area contributed by atoms with E-state index in [-0.39, 0.29) is 5.69 Å². The number of thiophene rings is 1. The van der Waals surface area contributed by atoms with E-state index in [1.165, 1.54) is 0 Å². The Labute approximate surface area is 130 Å². The summed E-state index contributed by atoms with van der Waals surface area (Å²) in [5.41, 5.74) is 0.736. The molecule has 0 aliphatic carbocycles. The van der Waals surface area contributed by atoms with Gasteiger partial charge in [0, 0.05) is 5.56 Å². The van der Waals surface area contributed by atoms with Crippen LogP contribution in [0.5, 0.6) is 0 Å². The zero-order chi connectivity index (χ0) is 16.3. The summed E-state index contributed by atoms with van der Waals surface area (Å²) < 4.78 is 39.6. The monoisotopic (exact) mass is 329 g/mol. The van der Waals surface area contributed by atoms with E-state index in [1.807, 2.05) is 23.9 Å². The topological polar surface area (TPSA) is 33.5 Å². The van der Waals surface area contributed by atoms with Gasteiger partial charge in [0.05, 0.1) is 12.7 Å². The Bertz CT molecular complexity index is 661. The van der Waals surface area contributed by atoms with Crippen molar-refractivity contribution in [3.63, 3.8) is 0 Å². The summed E-state index contributed by atoms with van der Waals surface area (Å²) in [4.78, 5) is 13.0. The van der Waals surface area contributed by atoms with Gasteiger partial charge in [-0.05, 0) is 35.9 Å². The molecule has 0 aliphatic rings. The lowest BCUT2D eigenvalue weighted by Crippen LogP contribution is -3.12. The van der Waals surface area contributed by atoms with Crippen LogP contribution < -0.4 is 10.2 Å². The summed E-state index contributed by atoms with van der Waals surface area (Å²) in [5, 5.41) is 6.24. The average molecular weight is 329 g/mol. The highest BCUT2D eigenvalue weighted by Gasteiger charge is 2.24. The summed E-state index contributed by atoms with van der Waals surface area (Å²) in [7, 11) is 1.84. The molecule has 0 radical (unpaired) electrons. The number of amides is 1. The van der Waals surface area contributed by atoms with Gasteiger partial charge in [-0.2, -0.15) is 11.3 Å². The van der Waals surface area contributed by atoms with E-state index in [2.05, 4.69) is 5.32 Å². The molecule has 0 saturated heterocycles. The number of halogens is 3. The molecule has 1 amide bonds. The molecule has 3 nitrogen and oxygen atoms in total. The van der Waals surface area contributed by atoms with Gasteiger partial charge in [0.25, 0.3) is 5.91 Å². The number of hydrogen-bond donors (Lipinski definition) is 2. The van der Waals surface area contributed by atoms with Crippen molar-refractivity contribution in [1.29, 1.82) is 0 Å². The van der Waals surface area contributed by atoms with Gasteiger partial charge < -0.3 is 10.2 Å². The van der Waals surface area contributed by atoms with E-state index >= 15 is 0 Å². The SMILES string of the molecule is C[C@@H](C(=O)Nc1ccc(F)c(F)c1F)[NH+](C)Cc1ccsc1. The Kier molecular flexibility index (Phi) is 5.20. The van der Waals surface area contributed by atoms with Gasteiger partial charge in [0.2, 0.25) is 0 Å². The van der Waals surface area contributed by atoms with E-state index in [1.54, 1.807) is 18.3 Å². The maximum absolute atomic E-state index is 13.6. The maximum Gasteiger partial charge on any atom is 0.282 e. The van der Waals surface area contributed by atoms with Gasteiger partial charge in [-0.25, -0.2) is 13.2 Å². The van der Waals surface area contributed by atoms with Crippen LogP contribution in [0.1, 0.15) is 12.5 Å². The minimum atomic E-state index is -1.59. The molecule has 0 fully saturated rings. The van der Waals surface area contributed by atoms with E-state index in [4.69, 9.17) is 0 Å². The van der Waals surface area contributed by atoms with Crippen LogP contribution >= 0.6 is 11.3 Å². The molecular formula is C15H16F3N2OS+. The number of hydrogen-bond acceptors (Lipinski definition) is 2. The summed E-state index contributed by atoms with van der Waals surface area (Å²) >= 11 is 1.57. The lowest BCUT2D eigenvalue weighted by molar-refractivity contribution is -0.907. The molecule has 2 rings (SSSR count). The number of rotatable bonds is 5. The quantitative estimate of drug-likeness (QED) is 0.810. The van der Waals surface area contributed by atoms with Crippen LogP contribution in [0.4, 0.5) is 18.9 Å². The zero-order valence-corrected chi connectivity index (χ0v) is 12.9. The van der Waals surface area contributed by atoms with E-state index in [9.17, 15) is 18.0 Å². The number of quaternary nitrogens is 1. The van der Waals surface area contributed by atoms with Gasteiger partial charge in [0.1, 0.15) is 6.54 Å². The maximum atomic E-state index is 13.6. The summed E-state index contributed by atoms with van der Waals surface area (Å²) in [5.74, 6) is -4.73. The van der Waals surface area contributed by atoms with Crippen molar-refractivity contribution in [3.05, 3.63) is 52.0 Å². The highest BCUT2D eigenvalue weighted by atomic mass is 32.1. The van der Waals surface area contributed by atoms with Crippen molar-refractivity contribution in [1.82, 2.24) is 0 Å². The second-order valence-electron chi connectivity index (χ2n) is 5.09. The van der Waals surface area contributed by atoms with Crippen LogP contribution in [0.3, 0.4) is 0 Å². The molecule has 118 valence electrons. The second kappa shape index (κ2) is 6.93. The molecule has 1 heterocycles. The van der Waals surface area contributed by atoms with Crippen molar-refractivity contribution < 1.29 is 22.9 Å². The van der Waals surface area contributed by atoms with Gasteiger partial charge in [-0.3, -0.25) is 4.79 Å². The third-order valence-corrected chi connectivity index (χ3v) is 4.22. The first-order valence-electron chi connectivity index (χ1n) is 6.68. The number of likely N-dealkylation sites (N-methyl/N-ethyl adjacent to an activating group) is 1. The van der Waals surface area contributed by atoms with Crippen LogP contribution in [-0.2, 0) is 11.3 Å². The van der Waals surface area contributed by atoms with Gasteiger partial charge in [-0.1, -0.05) is 0 Å². The number of carbonyl (C=O) groups excluding carboxylic acids is 1. The molecular weight excluding hydrogens is 313 g/mol. The van der Waals surface area contributed by atoms with Crippen LogP contribution in [0, 0.1) is 17.5 Å². The molecule has 1 aromatic heterocycles. The molecule has 0 aliphatic heterocycles. The minimum Gasteiger partial charge on any atom is -0.324 e. The predicted octanol–water partition coefficient (Wildman–Crippen LogP) is 2.21. The summed E-state index contributed by atoms with van der Waals surface area (Å²) in [6.45, 7) is 2.33. The molecule has 0 saturated carbocycles. The molecule has 2 aromatic rings. The summed E-state index contributed by atoms with van der Waals surface area (Å²) in [6, 6.07) is 3.27. The first-order valence-corrected chi connectivity index (χ1v) is 7.62. The molecule has 7 heteroatoms. The number of benzene rings is 1. The summed E-state index contributed by atoms with van der Waals surface area (Å²) in [6.07, 6.45) is 0. The van der Waals surface area contributed by atoms with Crippen molar-refractivity contribution in [2.75, 3.05) is 12.4 Å². The molecule has 2 N–H and O–H groups in total. The third kappa shape index (κ3) is 3.66. The van der Waals surface area contributed by atoms with Gasteiger partial charge in [-0.15, -0.1) is 0 Å². The Hall–Kier alpha value is -1.86. The Morgan fingerprint density at radius 2 is 2.00 bits per heavy atom. The highest BCUT2D eigenvalue weighted by Crippen LogP contribution is 2.19. The molecule has 1 unspecified atom stereocenters. The van der Waals surface area contributed by atoms with Crippen molar-refractivity contribution in [2.45, 2.75) is 19.5 Å². The van der Waals surface area contributed by atoms with E-state index in [0.717, 1.165) is 22.6 Å². The Balaban J connectivity index is 2.03. The first kappa shape index (κ1) is 16.5. The average Bonchev–Trinajstić information content (AvgIpc) is 2.99. The van der Waals surface area contributed by atoms with Crippen molar-refractivity contribution in [3.8, 4) is 0 Å². The lowest BCUT2D eigenvalue weighted by atomic mass is 10.2. The molecule has 0 bridgehead atoms. The normalized spacial score (nSPS) is 13.7. The Morgan fingerprint density at radius 1 is 1.27 bits per heavy atom.